The van der Waals surface area contributed by atoms with Crippen molar-refractivity contribution in [2.45, 2.75) is 27.1 Å². The maximum absolute atomic E-state index is 11.5. The number of carbonyl (C=O) groups is 1. The van der Waals surface area contributed by atoms with Gasteiger partial charge in [-0.1, -0.05) is 35.9 Å². The van der Waals surface area contributed by atoms with Crippen molar-refractivity contribution in [1.82, 2.24) is 0 Å². The zero-order valence-corrected chi connectivity index (χ0v) is 12.7. The number of benzene rings is 2. The van der Waals surface area contributed by atoms with E-state index >= 15 is 0 Å². The molecular formula is C18H20O3. The molecular weight excluding hydrogens is 264 g/mol. The molecule has 0 aliphatic rings. The van der Waals surface area contributed by atoms with Gasteiger partial charge in [0.05, 0.1) is 25.9 Å². The molecule has 0 aromatic heterocycles. The fourth-order valence-corrected chi connectivity index (χ4v) is 2.19. The molecule has 0 unspecified atom stereocenters. The summed E-state index contributed by atoms with van der Waals surface area (Å²) in [5.41, 5.74) is 5.18. The van der Waals surface area contributed by atoms with Gasteiger partial charge in [-0.15, -0.1) is 0 Å². The lowest BCUT2D eigenvalue weighted by molar-refractivity contribution is 0.0600. The minimum absolute atomic E-state index is 0.328. The summed E-state index contributed by atoms with van der Waals surface area (Å²) < 4.78 is 10.5. The molecule has 0 amide bonds. The lowest BCUT2D eigenvalue weighted by Gasteiger charge is -2.09. The van der Waals surface area contributed by atoms with Crippen LogP contribution in [0.3, 0.4) is 0 Å². The molecule has 2 aromatic rings. The van der Waals surface area contributed by atoms with E-state index in [-0.39, 0.29) is 5.97 Å². The van der Waals surface area contributed by atoms with Gasteiger partial charge < -0.3 is 9.47 Å². The van der Waals surface area contributed by atoms with E-state index in [9.17, 15) is 4.79 Å². The average Bonchev–Trinajstić information content (AvgIpc) is 2.49. The largest absolute Gasteiger partial charge is 0.465 e. The van der Waals surface area contributed by atoms with Crippen LogP contribution in [0.25, 0.3) is 0 Å². The molecule has 0 aliphatic carbocycles. The second-order valence-electron chi connectivity index (χ2n) is 5.11. The number of hydrogen-bond acceptors (Lipinski definition) is 3. The van der Waals surface area contributed by atoms with Crippen LogP contribution in [0, 0.1) is 13.8 Å². The first kappa shape index (κ1) is 15.3. The Morgan fingerprint density at radius 2 is 1.86 bits per heavy atom. The molecule has 0 radical (unpaired) electrons. The van der Waals surface area contributed by atoms with Crippen LogP contribution in [-0.4, -0.2) is 13.1 Å². The van der Waals surface area contributed by atoms with E-state index in [0.29, 0.717) is 18.8 Å². The lowest BCUT2D eigenvalue weighted by Crippen LogP contribution is -2.02. The van der Waals surface area contributed by atoms with E-state index in [2.05, 4.69) is 32.0 Å². The second-order valence-corrected chi connectivity index (χ2v) is 5.11. The van der Waals surface area contributed by atoms with Gasteiger partial charge in [0.15, 0.2) is 0 Å². The maximum atomic E-state index is 11.5. The number of methoxy groups -OCH3 is 1. The van der Waals surface area contributed by atoms with Crippen molar-refractivity contribution >= 4 is 5.97 Å². The summed E-state index contributed by atoms with van der Waals surface area (Å²) in [4.78, 5) is 11.5. The van der Waals surface area contributed by atoms with Gasteiger partial charge >= 0.3 is 5.97 Å². The summed E-state index contributed by atoms with van der Waals surface area (Å²) in [6.45, 7) is 5.20. The van der Waals surface area contributed by atoms with Crippen LogP contribution in [0.15, 0.2) is 42.5 Å². The van der Waals surface area contributed by atoms with Crippen molar-refractivity contribution in [2.75, 3.05) is 7.11 Å². The van der Waals surface area contributed by atoms with Crippen molar-refractivity contribution in [1.29, 1.82) is 0 Å². The summed E-state index contributed by atoms with van der Waals surface area (Å²) in [5, 5.41) is 0. The van der Waals surface area contributed by atoms with Crippen molar-refractivity contribution < 1.29 is 14.3 Å². The molecule has 0 N–H and O–H groups in total. The highest BCUT2D eigenvalue weighted by Crippen LogP contribution is 2.13. The molecule has 3 nitrogen and oxygen atoms in total. The van der Waals surface area contributed by atoms with Gasteiger partial charge in [0, 0.05) is 0 Å². The zero-order chi connectivity index (χ0) is 15.2. The van der Waals surface area contributed by atoms with Gasteiger partial charge in [0.1, 0.15) is 0 Å². The second kappa shape index (κ2) is 7.04. The number of ether oxygens (including phenoxy) is 2. The maximum Gasteiger partial charge on any atom is 0.337 e. The van der Waals surface area contributed by atoms with Crippen molar-refractivity contribution in [2.24, 2.45) is 0 Å². The standard InChI is InChI=1S/C18H20O3/c1-13-7-8-17(14(2)9-13)12-21-11-15-5-4-6-16(10-15)18(19)20-3/h4-10H,11-12H2,1-3H3. The molecule has 110 valence electrons. The Morgan fingerprint density at radius 1 is 1.05 bits per heavy atom. The van der Waals surface area contributed by atoms with Crippen LogP contribution in [0.1, 0.15) is 32.6 Å². The predicted molar refractivity (Wildman–Crippen MR) is 82.2 cm³/mol. The Bertz CT molecular complexity index is 632. The highest BCUT2D eigenvalue weighted by atomic mass is 16.5. The molecule has 0 spiro atoms. The Balaban J connectivity index is 1.95. The topological polar surface area (TPSA) is 35.5 Å². The highest BCUT2D eigenvalue weighted by molar-refractivity contribution is 5.89. The van der Waals surface area contributed by atoms with E-state index in [1.54, 1.807) is 12.1 Å². The van der Waals surface area contributed by atoms with Gasteiger partial charge in [-0.05, 0) is 42.7 Å². The number of esters is 1. The number of carbonyl (C=O) groups excluding carboxylic acids is 1. The summed E-state index contributed by atoms with van der Waals surface area (Å²) in [6, 6.07) is 13.6. The summed E-state index contributed by atoms with van der Waals surface area (Å²) in [7, 11) is 1.38. The Labute approximate surface area is 125 Å². The Hall–Kier alpha value is -2.13. The summed E-state index contributed by atoms with van der Waals surface area (Å²) in [5.74, 6) is -0.328. The van der Waals surface area contributed by atoms with Crippen LogP contribution >= 0.6 is 0 Å². The molecule has 0 fully saturated rings. The summed E-state index contributed by atoms with van der Waals surface area (Å²) in [6.07, 6.45) is 0. The Kier molecular flexibility index (Phi) is 5.12. The molecule has 2 rings (SSSR count). The first-order valence-corrected chi connectivity index (χ1v) is 6.91. The first-order chi connectivity index (χ1) is 10.1. The number of hydrogen-bond donors (Lipinski definition) is 0. The lowest BCUT2D eigenvalue weighted by atomic mass is 10.1. The third kappa shape index (κ3) is 4.17. The molecule has 0 saturated carbocycles. The molecule has 2 aromatic carbocycles. The first-order valence-electron chi connectivity index (χ1n) is 6.91. The quantitative estimate of drug-likeness (QED) is 0.783. The van der Waals surface area contributed by atoms with E-state index in [1.165, 1.54) is 23.8 Å². The Morgan fingerprint density at radius 3 is 2.57 bits per heavy atom. The molecule has 0 atom stereocenters. The highest BCUT2D eigenvalue weighted by Gasteiger charge is 2.06. The molecule has 0 heterocycles. The molecule has 3 heteroatoms. The monoisotopic (exact) mass is 284 g/mol. The van der Waals surface area contributed by atoms with E-state index in [1.807, 2.05) is 12.1 Å². The number of rotatable bonds is 5. The van der Waals surface area contributed by atoms with E-state index < -0.39 is 0 Å². The molecule has 0 aliphatic heterocycles. The number of aryl methyl sites for hydroxylation is 2. The third-order valence-electron chi connectivity index (χ3n) is 3.37. The fourth-order valence-electron chi connectivity index (χ4n) is 2.19. The van der Waals surface area contributed by atoms with Crippen molar-refractivity contribution in [3.8, 4) is 0 Å². The van der Waals surface area contributed by atoms with Crippen LogP contribution in [0.5, 0.6) is 0 Å². The minimum atomic E-state index is -0.328. The van der Waals surface area contributed by atoms with E-state index in [0.717, 1.165) is 5.56 Å². The van der Waals surface area contributed by atoms with Gasteiger partial charge in [0.25, 0.3) is 0 Å². The van der Waals surface area contributed by atoms with Crippen molar-refractivity contribution in [3.05, 3.63) is 70.3 Å². The van der Waals surface area contributed by atoms with E-state index in [4.69, 9.17) is 9.47 Å². The van der Waals surface area contributed by atoms with Crippen molar-refractivity contribution in [3.63, 3.8) is 0 Å². The van der Waals surface area contributed by atoms with Gasteiger partial charge in [-0.25, -0.2) is 4.79 Å². The zero-order valence-electron chi connectivity index (χ0n) is 12.7. The van der Waals surface area contributed by atoms with Crippen LogP contribution in [0.4, 0.5) is 0 Å². The SMILES string of the molecule is COC(=O)c1cccc(COCc2ccc(C)cc2C)c1. The normalized spacial score (nSPS) is 10.4. The predicted octanol–water partition coefficient (Wildman–Crippen LogP) is 3.81. The molecule has 0 bridgehead atoms. The summed E-state index contributed by atoms with van der Waals surface area (Å²) >= 11 is 0. The van der Waals surface area contributed by atoms with Gasteiger partial charge in [-0.2, -0.15) is 0 Å². The van der Waals surface area contributed by atoms with Gasteiger partial charge in [-0.3, -0.25) is 0 Å². The van der Waals surface area contributed by atoms with Crippen LogP contribution in [0.2, 0.25) is 0 Å². The third-order valence-corrected chi connectivity index (χ3v) is 3.37. The van der Waals surface area contributed by atoms with Crippen LogP contribution < -0.4 is 0 Å². The molecule has 0 saturated heterocycles. The smallest absolute Gasteiger partial charge is 0.337 e. The average molecular weight is 284 g/mol. The minimum Gasteiger partial charge on any atom is -0.465 e. The van der Waals surface area contributed by atoms with Crippen LogP contribution in [-0.2, 0) is 22.7 Å². The molecule has 21 heavy (non-hydrogen) atoms. The fraction of sp³-hybridized carbons (Fsp3) is 0.278. The van der Waals surface area contributed by atoms with Gasteiger partial charge in [0.2, 0.25) is 0 Å².